The molecule has 0 saturated carbocycles. The smallest absolute Gasteiger partial charge is 0.326 e. The summed E-state index contributed by atoms with van der Waals surface area (Å²) in [5.74, 6) is -0.204. The number of benzene rings is 1. The Morgan fingerprint density at radius 2 is 2.39 bits per heavy atom. The molecule has 0 radical (unpaired) electrons. The molecule has 0 aliphatic carbocycles. The van der Waals surface area contributed by atoms with Crippen molar-refractivity contribution in [1.29, 1.82) is 0 Å². The van der Waals surface area contributed by atoms with Gasteiger partial charge in [0.05, 0.1) is 6.20 Å². The zero-order chi connectivity index (χ0) is 13.0. The van der Waals surface area contributed by atoms with Gasteiger partial charge in [-0.1, -0.05) is 19.1 Å². The lowest BCUT2D eigenvalue weighted by atomic mass is 10.1. The zero-order valence-electron chi connectivity index (χ0n) is 9.96. The van der Waals surface area contributed by atoms with Crippen LogP contribution in [0.3, 0.4) is 0 Å². The van der Waals surface area contributed by atoms with E-state index in [1.165, 1.54) is 6.39 Å². The third-order valence-electron chi connectivity index (χ3n) is 2.63. The quantitative estimate of drug-likeness (QED) is 0.848. The van der Waals surface area contributed by atoms with Gasteiger partial charge in [0.1, 0.15) is 6.04 Å². The molecule has 1 heterocycles. The Bertz CT molecular complexity index is 523. The van der Waals surface area contributed by atoms with Crippen LogP contribution >= 0.6 is 0 Å². The number of aliphatic carboxylic acids is 1. The van der Waals surface area contributed by atoms with E-state index in [4.69, 9.17) is 9.52 Å². The Balaban J connectivity index is 2.20. The van der Waals surface area contributed by atoms with Crippen molar-refractivity contribution in [1.82, 2.24) is 4.98 Å². The van der Waals surface area contributed by atoms with Crippen molar-refractivity contribution in [3.05, 3.63) is 36.9 Å². The van der Waals surface area contributed by atoms with Gasteiger partial charge >= 0.3 is 5.97 Å². The number of nitrogens with one attached hydrogen (secondary N) is 1. The number of hydrogen-bond donors (Lipinski definition) is 2. The molecule has 0 saturated heterocycles. The molecule has 0 amide bonds. The Kier molecular flexibility index (Phi) is 3.62. The SMILES string of the molecule is CCC(Nc1cccc(-c2cnco2)c1)C(=O)O. The van der Waals surface area contributed by atoms with Gasteiger partial charge in [-0.3, -0.25) is 0 Å². The minimum atomic E-state index is -0.859. The number of anilines is 1. The molecule has 0 fully saturated rings. The average molecular weight is 246 g/mol. The van der Waals surface area contributed by atoms with Crippen LogP contribution in [0.25, 0.3) is 11.3 Å². The van der Waals surface area contributed by atoms with Crippen LogP contribution in [0.2, 0.25) is 0 Å². The standard InChI is InChI=1S/C13H14N2O3/c1-2-11(13(16)17)15-10-5-3-4-9(6-10)12-7-14-8-18-12/h3-8,11,15H,2H2,1H3,(H,16,17). The van der Waals surface area contributed by atoms with Crippen molar-refractivity contribution >= 4 is 11.7 Å². The molecule has 2 aromatic rings. The largest absolute Gasteiger partial charge is 0.480 e. The predicted octanol–water partition coefficient (Wildman–Crippen LogP) is 2.62. The molecule has 2 N–H and O–H groups in total. The summed E-state index contributed by atoms with van der Waals surface area (Å²) in [7, 11) is 0. The maximum atomic E-state index is 11.0. The second kappa shape index (κ2) is 5.35. The molecule has 0 spiro atoms. The Morgan fingerprint density at radius 1 is 1.56 bits per heavy atom. The molecular weight excluding hydrogens is 232 g/mol. The van der Waals surface area contributed by atoms with Crippen LogP contribution in [-0.4, -0.2) is 22.1 Å². The molecule has 1 aromatic heterocycles. The van der Waals surface area contributed by atoms with Crippen LogP contribution < -0.4 is 5.32 Å². The van der Waals surface area contributed by atoms with Crippen molar-refractivity contribution in [2.75, 3.05) is 5.32 Å². The maximum Gasteiger partial charge on any atom is 0.326 e. The summed E-state index contributed by atoms with van der Waals surface area (Å²) < 4.78 is 5.20. The lowest BCUT2D eigenvalue weighted by Crippen LogP contribution is -2.28. The number of oxazole rings is 1. The molecule has 1 aromatic carbocycles. The Hall–Kier alpha value is -2.30. The molecule has 1 unspecified atom stereocenters. The topological polar surface area (TPSA) is 75.4 Å². The molecule has 0 aliphatic rings. The summed E-state index contributed by atoms with van der Waals surface area (Å²) in [5.41, 5.74) is 1.61. The fourth-order valence-corrected chi connectivity index (χ4v) is 1.66. The van der Waals surface area contributed by atoms with E-state index in [0.717, 1.165) is 11.3 Å². The molecule has 1 atom stereocenters. The minimum Gasteiger partial charge on any atom is -0.480 e. The molecule has 0 aliphatic heterocycles. The normalized spacial score (nSPS) is 12.1. The molecule has 18 heavy (non-hydrogen) atoms. The monoisotopic (exact) mass is 246 g/mol. The summed E-state index contributed by atoms with van der Waals surface area (Å²) in [4.78, 5) is 14.8. The van der Waals surface area contributed by atoms with Crippen molar-refractivity contribution in [3.8, 4) is 11.3 Å². The van der Waals surface area contributed by atoms with Gasteiger partial charge in [-0.05, 0) is 18.6 Å². The average Bonchev–Trinajstić information content (AvgIpc) is 2.90. The van der Waals surface area contributed by atoms with Gasteiger partial charge in [0, 0.05) is 11.3 Å². The molecule has 5 nitrogen and oxygen atoms in total. The Labute approximate surface area is 104 Å². The lowest BCUT2D eigenvalue weighted by Gasteiger charge is -2.14. The summed E-state index contributed by atoms with van der Waals surface area (Å²) in [6.45, 7) is 1.83. The first kappa shape index (κ1) is 12.2. The van der Waals surface area contributed by atoms with Gasteiger partial charge in [0.15, 0.2) is 12.2 Å². The van der Waals surface area contributed by atoms with E-state index in [1.807, 2.05) is 31.2 Å². The zero-order valence-corrected chi connectivity index (χ0v) is 9.96. The molecule has 5 heteroatoms. The second-order valence-electron chi connectivity index (χ2n) is 3.89. The molecule has 0 bridgehead atoms. The summed E-state index contributed by atoms with van der Waals surface area (Å²) in [6.07, 6.45) is 3.50. The predicted molar refractivity (Wildman–Crippen MR) is 67.3 cm³/mol. The number of carboxylic acid groups (broad SMARTS) is 1. The third kappa shape index (κ3) is 2.68. The van der Waals surface area contributed by atoms with E-state index < -0.39 is 12.0 Å². The van der Waals surface area contributed by atoms with Crippen molar-refractivity contribution < 1.29 is 14.3 Å². The van der Waals surface area contributed by atoms with E-state index in [-0.39, 0.29) is 0 Å². The van der Waals surface area contributed by atoms with E-state index >= 15 is 0 Å². The molecular formula is C13H14N2O3. The van der Waals surface area contributed by atoms with Crippen LogP contribution in [0.1, 0.15) is 13.3 Å². The maximum absolute atomic E-state index is 11.0. The van der Waals surface area contributed by atoms with Crippen LogP contribution in [0.5, 0.6) is 0 Å². The van der Waals surface area contributed by atoms with Crippen LogP contribution in [0.4, 0.5) is 5.69 Å². The Morgan fingerprint density at radius 3 is 3.00 bits per heavy atom. The number of carbonyl (C=O) groups is 1. The van der Waals surface area contributed by atoms with E-state index in [1.54, 1.807) is 6.20 Å². The van der Waals surface area contributed by atoms with E-state index in [0.29, 0.717) is 12.2 Å². The highest BCUT2D eigenvalue weighted by Crippen LogP contribution is 2.22. The van der Waals surface area contributed by atoms with Gasteiger partial charge in [-0.25, -0.2) is 9.78 Å². The second-order valence-corrected chi connectivity index (χ2v) is 3.89. The summed E-state index contributed by atoms with van der Waals surface area (Å²) in [6, 6.07) is 6.80. The van der Waals surface area contributed by atoms with Gasteiger partial charge in [-0.15, -0.1) is 0 Å². The third-order valence-corrected chi connectivity index (χ3v) is 2.63. The van der Waals surface area contributed by atoms with Crippen LogP contribution in [-0.2, 0) is 4.79 Å². The van der Waals surface area contributed by atoms with Crippen LogP contribution in [0, 0.1) is 0 Å². The summed E-state index contributed by atoms with van der Waals surface area (Å²) >= 11 is 0. The summed E-state index contributed by atoms with van der Waals surface area (Å²) in [5, 5.41) is 12.0. The van der Waals surface area contributed by atoms with Crippen LogP contribution in [0.15, 0.2) is 41.3 Å². The first-order chi connectivity index (χ1) is 8.70. The highest BCUT2D eigenvalue weighted by molar-refractivity contribution is 5.77. The van der Waals surface area contributed by atoms with Crippen molar-refractivity contribution in [2.45, 2.75) is 19.4 Å². The fraction of sp³-hybridized carbons (Fsp3) is 0.231. The highest BCUT2D eigenvalue weighted by Gasteiger charge is 2.14. The number of aromatic nitrogens is 1. The van der Waals surface area contributed by atoms with E-state index in [9.17, 15) is 4.79 Å². The first-order valence-corrected chi connectivity index (χ1v) is 5.69. The lowest BCUT2D eigenvalue weighted by molar-refractivity contribution is -0.137. The fourth-order valence-electron chi connectivity index (χ4n) is 1.66. The first-order valence-electron chi connectivity index (χ1n) is 5.69. The van der Waals surface area contributed by atoms with Gasteiger partial charge in [0.25, 0.3) is 0 Å². The number of hydrogen-bond acceptors (Lipinski definition) is 4. The van der Waals surface area contributed by atoms with Gasteiger partial charge in [0.2, 0.25) is 0 Å². The van der Waals surface area contributed by atoms with Crippen molar-refractivity contribution in [3.63, 3.8) is 0 Å². The van der Waals surface area contributed by atoms with Gasteiger partial charge < -0.3 is 14.8 Å². The number of carboxylic acids is 1. The van der Waals surface area contributed by atoms with Gasteiger partial charge in [-0.2, -0.15) is 0 Å². The molecule has 2 rings (SSSR count). The number of nitrogens with zero attached hydrogens (tertiary/aromatic N) is 1. The highest BCUT2D eigenvalue weighted by atomic mass is 16.4. The van der Waals surface area contributed by atoms with E-state index in [2.05, 4.69) is 10.3 Å². The molecule has 94 valence electrons. The minimum absolute atomic E-state index is 0.516. The van der Waals surface area contributed by atoms with Crippen molar-refractivity contribution in [2.24, 2.45) is 0 Å². The number of rotatable bonds is 5.